The second kappa shape index (κ2) is 35.5. The Morgan fingerprint density at radius 3 is 1.05 bits per heavy atom. The maximum atomic E-state index is 13.5. The monoisotopic (exact) mass is 1340 g/mol. The molecular formula is C62H56N2O8S12. The van der Waals surface area contributed by atoms with Crippen LogP contribution < -0.4 is 0 Å². The van der Waals surface area contributed by atoms with Crippen molar-refractivity contribution in [2.45, 2.75) is 66.2 Å². The van der Waals surface area contributed by atoms with Crippen molar-refractivity contribution in [3.63, 3.8) is 0 Å². The summed E-state index contributed by atoms with van der Waals surface area (Å²) in [6.45, 7) is 8.36. The fourth-order valence-corrected chi connectivity index (χ4v) is 22.3. The van der Waals surface area contributed by atoms with Gasteiger partial charge in [-0.1, -0.05) is 170 Å². The zero-order valence-electron chi connectivity index (χ0n) is 46.6. The van der Waals surface area contributed by atoms with Gasteiger partial charge < -0.3 is 18.9 Å². The van der Waals surface area contributed by atoms with E-state index in [1.54, 1.807) is 94.1 Å². The average Bonchev–Trinajstić information content (AvgIpc) is 4.35. The highest BCUT2D eigenvalue weighted by Crippen LogP contribution is 2.59. The van der Waals surface area contributed by atoms with Crippen LogP contribution >= 0.6 is 141 Å². The minimum absolute atomic E-state index is 0.151. The third-order valence-electron chi connectivity index (χ3n) is 10.9. The Morgan fingerprint density at radius 1 is 0.440 bits per heavy atom. The Balaban J connectivity index is 1.32. The van der Waals surface area contributed by atoms with E-state index in [4.69, 9.17) is 29.5 Å². The minimum atomic E-state index is -0.606. The number of hydrogen-bond acceptors (Lipinski definition) is 22. The van der Waals surface area contributed by atoms with Crippen molar-refractivity contribution in [1.29, 1.82) is 10.5 Å². The minimum Gasteiger partial charge on any atom is -0.462 e. The number of ether oxygens (including phenoxy) is 4. The maximum absolute atomic E-state index is 13.5. The third kappa shape index (κ3) is 19.9. The van der Waals surface area contributed by atoms with Gasteiger partial charge in [-0.2, -0.15) is 10.5 Å². The molecule has 84 heavy (non-hydrogen) atoms. The molecular weight excluding hydrogens is 1290 g/mol. The van der Waals surface area contributed by atoms with Crippen LogP contribution in [0.1, 0.15) is 111 Å². The molecule has 0 aromatic heterocycles. The van der Waals surface area contributed by atoms with Crippen LogP contribution in [0.2, 0.25) is 0 Å². The molecule has 0 saturated carbocycles. The van der Waals surface area contributed by atoms with Gasteiger partial charge in [-0.3, -0.25) is 0 Å². The Bertz CT molecular complexity index is 3190. The van der Waals surface area contributed by atoms with Crippen molar-refractivity contribution < 1.29 is 38.1 Å². The largest absolute Gasteiger partial charge is 0.462 e. The van der Waals surface area contributed by atoms with Gasteiger partial charge in [0.05, 0.1) is 72.5 Å². The first-order valence-electron chi connectivity index (χ1n) is 26.4. The van der Waals surface area contributed by atoms with Crippen molar-refractivity contribution in [3.05, 3.63) is 159 Å². The van der Waals surface area contributed by atoms with Crippen molar-refractivity contribution >= 4 is 189 Å². The predicted molar refractivity (Wildman–Crippen MR) is 369 cm³/mol. The van der Waals surface area contributed by atoms with E-state index in [-0.39, 0.29) is 46.0 Å². The van der Waals surface area contributed by atoms with Gasteiger partial charge in [0.25, 0.3) is 0 Å². The van der Waals surface area contributed by atoms with Crippen molar-refractivity contribution in [1.82, 2.24) is 0 Å². The molecule has 10 nitrogen and oxygen atoms in total. The first-order valence-corrected chi connectivity index (χ1v) is 37.3. The van der Waals surface area contributed by atoms with E-state index in [1.165, 1.54) is 16.9 Å². The van der Waals surface area contributed by atoms with Gasteiger partial charge in [0.2, 0.25) is 0 Å². The van der Waals surface area contributed by atoms with E-state index in [9.17, 15) is 19.2 Å². The van der Waals surface area contributed by atoms with Gasteiger partial charge in [-0.25, -0.2) is 19.2 Å². The topological polar surface area (TPSA) is 153 Å². The molecule has 0 saturated heterocycles. The summed E-state index contributed by atoms with van der Waals surface area (Å²) in [4.78, 5) is 54.8. The molecule has 0 atom stereocenters. The van der Waals surface area contributed by atoms with Crippen molar-refractivity contribution in [2.75, 3.05) is 50.4 Å². The number of rotatable bonds is 24. The fourth-order valence-electron chi connectivity index (χ4n) is 7.04. The van der Waals surface area contributed by atoms with Crippen LogP contribution in [0.15, 0.2) is 114 Å². The SMILES string of the molecule is CCCOC(=O)C1=C(C(=O)OCCC)SC(=Cc2cc(C#Cc3ccc(/C=C4\SC(SC)=C(SCCC#N)S4)cc3)c(C=C3SC(C(=O)OCCC)=C(C(=O)OCCC)S3)cc2C#Cc2ccc(/C=C3/SC(SC)=C(SCCC#N)S3)cc2)S1. The summed E-state index contributed by atoms with van der Waals surface area (Å²) < 4.78 is 30.7. The Kier molecular flexibility index (Phi) is 28.5. The van der Waals surface area contributed by atoms with Crippen LogP contribution in [0, 0.1) is 46.3 Å². The fraction of sp³-hybridized carbons (Fsp3) is 0.290. The molecule has 4 heterocycles. The van der Waals surface area contributed by atoms with E-state index >= 15 is 0 Å². The number of esters is 4. The first kappa shape index (κ1) is 67.3. The van der Waals surface area contributed by atoms with E-state index in [0.717, 1.165) is 89.3 Å². The summed E-state index contributed by atoms with van der Waals surface area (Å²) in [6, 6.07) is 24.3. The molecule has 0 unspecified atom stereocenters. The zero-order valence-corrected chi connectivity index (χ0v) is 56.4. The van der Waals surface area contributed by atoms with Crippen LogP contribution in [0.4, 0.5) is 0 Å². The predicted octanol–water partition coefficient (Wildman–Crippen LogP) is 18.1. The average molecular weight is 1340 g/mol. The molecule has 3 aromatic carbocycles. The summed E-state index contributed by atoms with van der Waals surface area (Å²) in [6.07, 6.45) is 15.6. The Labute approximate surface area is 543 Å². The molecule has 3 aromatic rings. The highest BCUT2D eigenvalue weighted by Gasteiger charge is 2.35. The third-order valence-corrected chi connectivity index (χ3v) is 26.2. The second-order valence-corrected chi connectivity index (χ2v) is 31.7. The van der Waals surface area contributed by atoms with Crippen molar-refractivity contribution in [3.8, 4) is 35.8 Å². The number of carbonyl (C=O) groups excluding carboxylic acids is 4. The molecule has 4 aliphatic rings. The van der Waals surface area contributed by atoms with Gasteiger partial charge >= 0.3 is 23.9 Å². The summed E-state index contributed by atoms with van der Waals surface area (Å²) >= 11 is 18.3. The summed E-state index contributed by atoms with van der Waals surface area (Å²) in [7, 11) is 0. The molecule has 0 N–H and O–H groups in total. The highest BCUT2D eigenvalue weighted by molar-refractivity contribution is 8.41. The first-order chi connectivity index (χ1) is 40.9. The van der Waals surface area contributed by atoms with Crippen LogP contribution in [-0.2, 0) is 38.1 Å². The van der Waals surface area contributed by atoms with Gasteiger partial charge in [-0.05, 0) is 121 Å². The molecule has 434 valence electrons. The molecule has 0 spiro atoms. The Hall–Kier alpha value is -4.24. The molecule has 4 aliphatic heterocycles. The lowest BCUT2D eigenvalue weighted by atomic mass is 9.97. The lowest BCUT2D eigenvalue weighted by molar-refractivity contribution is -0.141. The zero-order chi connectivity index (χ0) is 59.8. The number of thioether (sulfide) groups is 12. The molecule has 7 rings (SSSR count). The Morgan fingerprint density at radius 2 is 0.750 bits per heavy atom. The quantitative estimate of drug-likeness (QED) is 0.0361. The van der Waals surface area contributed by atoms with Gasteiger partial charge in [0.1, 0.15) is 19.6 Å². The summed E-state index contributed by atoms with van der Waals surface area (Å²) in [5.41, 5.74) is 6.03. The molecule has 0 radical (unpaired) electrons. The maximum Gasteiger partial charge on any atom is 0.346 e. The van der Waals surface area contributed by atoms with E-state index in [1.807, 2.05) is 101 Å². The number of benzene rings is 3. The summed E-state index contributed by atoms with van der Waals surface area (Å²) in [5, 5.41) is 18.2. The van der Waals surface area contributed by atoms with Gasteiger partial charge in [0.15, 0.2) is 0 Å². The second-order valence-electron chi connectivity index (χ2n) is 17.4. The normalized spacial score (nSPS) is 15.7. The van der Waals surface area contributed by atoms with E-state index < -0.39 is 23.9 Å². The summed E-state index contributed by atoms with van der Waals surface area (Å²) in [5.74, 6) is 12.7. The van der Waals surface area contributed by atoms with Crippen LogP contribution in [0.25, 0.3) is 24.3 Å². The molecule has 0 amide bonds. The van der Waals surface area contributed by atoms with Crippen molar-refractivity contribution in [2.24, 2.45) is 0 Å². The number of hydrogen-bond donors (Lipinski definition) is 0. The van der Waals surface area contributed by atoms with E-state index in [0.29, 0.717) is 69.3 Å². The molecule has 0 bridgehead atoms. The number of carbonyl (C=O) groups is 4. The van der Waals surface area contributed by atoms with Gasteiger partial charge in [-0.15, -0.1) is 47.0 Å². The van der Waals surface area contributed by atoms with Crippen LogP contribution in [-0.4, -0.2) is 74.3 Å². The number of nitrogens with zero attached hydrogens (tertiary/aromatic N) is 2. The lowest BCUT2D eigenvalue weighted by Crippen LogP contribution is -2.12. The van der Waals surface area contributed by atoms with Gasteiger partial charge in [0, 0.05) is 46.6 Å². The van der Waals surface area contributed by atoms with Crippen LogP contribution in [0.5, 0.6) is 0 Å². The highest BCUT2D eigenvalue weighted by atomic mass is 32.3. The smallest absolute Gasteiger partial charge is 0.346 e. The number of nitriles is 2. The lowest BCUT2D eigenvalue weighted by Gasteiger charge is -2.09. The van der Waals surface area contributed by atoms with Crippen LogP contribution in [0.3, 0.4) is 0 Å². The molecule has 22 heteroatoms. The molecule has 0 aliphatic carbocycles. The standard InChI is InChI=1S/C62H56N2O8S12/c1-7-27-69-55(65)51-52(56(66)70-28-8-2)78-49(77-51)37-45-35-44(24-22-40-15-19-42(20-16-40)34-48-82-60(74-6)62(84-48)76-32-12-26-64)46(38-50-79-53(57(67)71-29-9-3)54(80-50)58(68)72-30-10-4)36-43(45)23-21-39-13-17-41(18-14-39)33-47-81-59(73-5)61(83-47)75-31-11-25-63/h13-20,33-38H,7-12,27-32H2,1-6H3/b47-33-,48-34+. The van der Waals surface area contributed by atoms with E-state index in [2.05, 4.69) is 60.5 Å². The molecule has 0 fully saturated rings.